The predicted octanol–water partition coefficient (Wildman–Crippen LogP) is 1.67. The number of halogens is 1. The number of nitrogens with zero attached hydrogens (tertiary/aromatic N) is 3. The number of hydrogen-bond donors (Lipinski definition) is 2. The lowest BCUT2D eigenvalue weighted by atomic mass is 10.1. The van der Waals surface area contributed by atoms with Crippen molar-refractivity contribution in [1.29, 1.82) is 0 Å². The molecule has 1 atom stereocenters. The molecule has 1 saturated heterocycles. The molecule has 146 valence electrons. The molecule has 1 aromatic rings. The molecule has 2 N–H and O–H groups in total. The molecule has 1 aliphatic heterocycles. The van der Waals surface area contributed by atoms with E-state index in [0.29, 0.717) is 5.92 Å². The van der Waals surface area contributed by atoms with Gasteiger partial charge in [-0.1, -0.05) is 12.1 Å². The molecule has 0 aromatic heterocycles. The molecule has 1 fully saturated rings. The third kappa shape index (κ3) is 7.11. The molecule has 1 amide bonds. The molecule has 0 aliphatic carbocycles. The Kier molecular flexibility index (Phi) is 9.93. The van der Waals surface area contributed by atoms with Gasteiger partial charge in [0.25, 0.3) is 5.91 Å². The van der Waals surface area contributed by atoms with Crippen LogP contribution in [0.3, 0.4) is 0 Å². The zero-order valence-corrected chi connectivity index (χ0v) is 18.6. The van der Waals surface area contributed by atoms with Crippen LogP contribution in [0.5, 0.6) is 0 Å². The van der Waals surface area contributed by atoms with Crippen molar-refractivity contribution in [2.24, 2.45) is 10.9 Å². The third-order valence-corrected chi connectivity index (χ3v) is 4.56. The maximum atomic E-state index is 12.0. The Morgan fingerprint density at radius 3 is 2.73 bits per heavy atom. The number of benzene rings is 1. The third-order valence-electron chi connectivity index (χ3n) is 4.56. The molecule has 7 heteroatoms. The average molecular weight is 473 g/mol. The molecule has 6 nitrogen and oxygen atoms in total. The number of rotatable bonds is 6. The molecule has 1 heterocycles. The second-order valence-electron chi connectivity index (χ2n) is 6.95. The van der Waals surface area contributed by atoms with E-state index in [4.69, 9.17) is 0 Å². The van der Waals surface area contributed by atoms with E-state index >= 15 is 0 Å². The number of amides is 1. The van der Waals surface area contributed by atoms with Crippen LogP contribution in [0.2, 0.25) is 0 Å². The smallest absolute Gasteiger partial charge is 0.253 e. The minimum absolute atomic E-state index is 0. The quantitative estimate of drug-likeness (QED) is 0.375. The van der Waals surface area contributed by atoms with Crippen LogP contribution in [0.1, 0.15) is 22.3 Å². The molecule has 0 radical (unpaired) electrons. The largest absolute Gasteiger partial charge is 0.356 e. The maximum Gasteiger partial charge on any atom is 0.253 e. The first-order valence-electron chi connectivity index (χ1n) is 8.93. The Hall–Kier alpha value is -1.35. The Morgan fingerprint density at radius 2 is 2.12 bits per heavy atom. The number of guanidine groups is 1. The Morgan fingerprint density at radius 1 is 1.35 bits per heavy atom. The van der Waals surface area contributed by atoms with Gasteiger partial charge in [0, 0.05) is 46.3 Å². The van der Waals surface area contributed by atoms with E-state index < -0.39 is 0 Å². The summed E-state index contributed by atoms with van der Waals surface area (Å²) in [5.74, 6) is 1.57. The highest BCUT2D eigenvalue weighted by Gasteiger charge is 2.19. The van der Waals surface area contributed by atoms with Crippen LogP contribution in [0.4, 0.5) is 0 Å². The fraction of sp³-hybridized carbons (Fsp3) is 0.579. The molecular formula is C19H32IN5O. The minimum atomic E-state index is 0. The van der Waals surface area contributed by atoms with Crippen molar-refractivity contribution >= 4 is 35.8 Å². The first-order valence-corrected chi connectivity index (χ1v) is 8.93. The van der Waals surface area contributed by atoms with Gasteiger partial charge in [0.2, 0.25) is 0 Å². The van der Waals surface area contributed by atoms with Gasteiger partial charge in [0.1, 0.15) is 0 Å². The van der Waals surface area contributed by atoms with Crippen molar-refractivity contribution in [2.45, 2.75) is 12.8 Å². The highest BCUT2D eigenvalue weighted by atomic mass is 127. The Balaban J connectivity index is 0.00000338. The van der Waals surface area contributed by atoms with Crippen LogP contribution in [0.15, 0.2) is 29.3 Å². The van der Waals surface area contributed by atoms with E-state index in [2.05, 4.69) is 33.6 Å². The second kappa shape index (κ2) is 11.4. The summed E-state index contributed by atoms with van der Waals surface area (Å²) in [6.07, 6.45) is 2.09. The van der Waals surface area contributed by atoms with Gasteiger partial charge in [-0.2, -0.15) is 0 Å². The summed E-state index contributed by atoms with van der Waals surface area (Å²) in [5, 5.41) is 6.77. The van der Waals surface area contributed by atoms with Crippen molar-refractivity contribution in [3.05, 3.63) is 35.4 Å². The van der Waals surface area contributed by atoms with Crippen LogP contribution in [0.25, 0.3) is 0 Å². The lowest BCUT2D eigenvalue weighted by molar-refractivity contribution is 0.0827. The molecule has 0 saturated carbocycles. The number of nitrogens with one attached hydrogen (secondary N) is 2. The van der Waals surface area contributed by atoms with Gasteiger partial charge in [-0.05, 0) is 50.0 Å². The first-order chi connectivity index (χ1) is 12.0. The van der Waals surface area contributed by atoms with E-state index in [-0.39, 0.29) is 29.9 Å². The summed E-state index contributed by atoms with van der Waals surface area (Å²) in [6.45, 7) is 4.07. The lowest BCUT2D eigenvalue weighted by Gasteiger charge is -2.16. The van der Waals surface area contributed by atoms with Gasteiger partial charge < -0.3 is 20.4 Å². The monoisotopic (exact) mass is 473 g/mol. The molecule has 0 bridgehead atoms. The summed E-state index contributed by atoms with van der Waals surface area (Å²) in [4.78, 5) is 20.3. The van der Waals surface area contributed by atoms with E-state index in [1.54, 1.807) is 26.0 Å². The zero-order valence-electron chi connectivity index (χ0n) is 16.3. The summed E-state index contributed by atoms with van der Waals surface area (Å²) >= 11 is 0. The first kappa shape index (κ1) is 22.7. The van der Waals surface area contributed by atoms with Crippen LogP contribution >= 0.6 is 24.0 Å². The van der Waals surface area contributed by atoms with Crippen molar-refractivity contribution in [2.75, 3.05) is 54.4 Å². The summed E-state index contributed by atoms with van der Waals surface area (Å²) in [5.41, 5.74) is 1.88. The Bertz CT molecular complexity index is 605. The minimum Gasteiger partial charge on any atom is -0.356 e. The van der Waals surface area contributed by atoms with Crippen LogP contribution in [-0.2, 0) is 6.42 Å². The predicted molar refractivity (Wildman–Crippen MR) is 119 cm³/mol. The number of aliphatic imine (C=N–C) groups is 1. The van der Waals surface area contributed by atoms with E-state index in [1.165, 1.54) is 13.0 Å². The van der Waals surface area contributed by atoms with Gasteiger partial charge in [-0.15, -0.1) is 24.0 Å². The second-order valence-corrected chi connectivity index (χ2v) is 6.95. The van der Waals surface area contributed by atoms with Crippen LogP contribution < -0.4 is 10.6 Å². The standard InChI is InChI=1S/C19H31N5O.HI/c1-20-19(22-13-16-9-11-24(4)14-16)21-10-8-15-6-5-7-17(12-15)18(25)23(2)3;/h5-7,12,16H,8-11,13-14H2,1-4H3,(H2,20,21,22);1H. The highest BCUT2D eigenvalue weighted by molar-refractivity contribution is 14.0. The van der Waals surface area contributed by atoms with Crippen molar-refractivity contribution < 1.29 is 4.79 Å². The van der Waals surface area contributed by atoms with Crippen molar-refractivity contribution in [1.82, 2.24) is 20.4 Å². The molecule has 26 heavy (non-hydrogen) atoms. The summed E-state index contributed by atoms with van der Waals surface area (Å²) in [6, 6.07) is 7.82. The van der Waals surface area contributed by atoms with E-state index in [1.807, 2.05) is 18.2 Å². The SMILES string of the molecule is CN=C(NCCc1cccc(C(=O)N(C)C)c1)NCC1CCN(C)C1.I. The summed E-state index contributed by atoms with van der Waals surface area (Å²) in [7, 11) is 7.51. The highest BCUT2D eigenvalue weighted by Crippen LogP contribution is 2.12. The molecule has 1 aliphatic rings. The maximum absolute atomic E-state index is 12.0. The number of hydrogen-bond acceptors (Lipinski definition) is 3. The lowest BCUT2D eigenvalue weighted by Crippen LogP contribution is -2.41. The van der Waals surface area contributed by atoms with Crippen molar-refractivity contribution in [3.8, 4) is 0 Å². The fourth-order valence-electron chi connectivity index (χ4n) is 3.10. The normalized spacial score (nSPS) is 17.5. The van der Waals surface area contributed by atoms with Crippen molar-refractivity contribution in [3.63, 3.8) is 0 Å². The van der Waals surface area contributed by atoms with E-state index in [0.717, 1.165) is 43.1 Å². The average Bonchev–Trinajstić information content (AvgIpc) is 3.02. The molecule has 0 spiro atoms. The van der Waals surface area contributed by atoms with Crippen LogP contribution in [-0.4, -0.2) is 76.0 Å². The van der Waals surface area contributed by atoms with Crippen LogP contribution in [0, 0.1) is 5.92 Å². The number of carbonyl (C=O) groups excluding carboxylic acids is 1. The molecular weight excluding hydrogens is 441 g/mol. The molecule has 1 unspecified atom stereocenters. The zero-order chi connectivity index (χ0) is 18.2. The topological polar surface area (TPSA) is 60.0 Å². The van der Waals surface area contributed by atoms with Gasteiger partial charge in [-0.25, -0.2) is 0 Å². The Labute approximate surface area is 174 Å². The number of carbonyl (C=O) groups is 1. The van der Waals surface area contributed by atoms with E-state index in [9.17, 15) is 4.79 Å². The fourth-order valence-corrected chi connectivity index (χ4v) is 3.10. The van der Waals surface area contributed by atoms with Gasteiger partial charge >= 0.3 is 0 Å². The summed E-state index contributed by atoms with van der Waals surface area (Å²) < 4.78 is 0. The number of likely N-dealkylation sites (tertiary alicyclic amines) is 1. The van der Waals surface area contributed by atoms with Gasteiger partial charge in [-0.3, -0.25) is 9.79 Å². The molecule has 2 rings (SSSR count). The molecule has 1 aromatic carbocycles. The van der Waals surface area contributed by atoms with Gasteiger partial charge in [0.05, 0.1) is 0 Å². The van der Waals surface area contributed by atoms with Gasteiger partial charge in [0.15, 0.2) is 5.96 Å².